The van der Waals surface area contributed by atoms with Crippen LogP contribution in [0.2, 0.25) is 5.02 Å². The third-order valence-corrected chi connectivity index (χ3v) is 4.48. The lowest BCUT2D eigenvalue weighted by Crippen LogP contribution is -2.17. The van der Waals surface area contributed by atoms with Crippen molar-refractivity contribution in [1.29, 1.82) is 5.26 Å². The van der Waals surface area contributed by atoms with E-state index in [1.807, 2.05) is 44.2 Å². The van der Waals surface area contributed by atoms with Crippen molar-refractivity contribution in [3.8, 4) is 11.8 Å². The molecule has 6 heteroatoms. The number of hydrogen-bond acceptors (Lipinski definition) is 2. The van der Waals surface area contributed by atoms with E-state index >= 15 is 0 Å². The lowest BCUT2D eigenvalue weighted by atomic mass is 10.1. The van der Waals surface area contributed by atoms with E-state index in [0.717, 1.165) is 23.0 Å². The van der Waals surface area contributed by atoms with Crippen LogP contribution in [-0.2, 0) is 0 Å². The molecule has 0 saturated heterocycles. The molecule has 1 N–H and O–H groups in total. The number of carbonyl (C=O) groups excluding carboxylic acids is 1. The highest BCUT2D eigenvalue weighted by Crippen LogP contribution is 2.30. The fraction of sp³-hybridized carbons (Fsp3) is 0.100. The lowest BCUT2D eigenvalue weighted by molar-refractivity contribution is 0.102. The Morgan fingerprint density at radius 3 is 2.50 bits per heavy atom. The van der Waals surface area contributed by atoms with Gasteiger partial charge in [0.15, 0.2) is 0 Å². The van der Waals surface area contributed by atoms with Crippen LogP contribution in [-0.4, -0.2) is 10.5 Å². The zero-order valence-corrected chi connectivity index (χ0v) is 14.9. The van der Waals surface area contributed by atoms with Crippen LogP contribution in [0.3, 0.4) is 0 Å². The normalized spacial score (nSPS) is 10.4. The van der Waals surface area contributed by atoms with Gasteiger partial charge in [-0.15, -0.1) is 0 Å². The van der Waals surface area contributed by atoms with E-state index in [2.05, 4.69) is 11.4 Å². The van der Waals surface area contributed by atoms with E-state index in [-0.39, 0.29) is 10.6 Å². The van der Waals surface area contributed by atoms with Gasteiger partial charge in [-0.3, -0.25) is 9.36 Å². The number of para-hydroxylation sites is 1. The van der Waals surface area contributed by atoms with Crippen molar-refractivity contribution in [2.75, 3.05) is 5.32 Å². The fourth-order valence-corrected chi connectivity index (χ4v) is 2.97. The summed E-state index contributed by atoms with van der Waals surface area (Å²) in [4.78, 5) is 12.6. The van der Waals surface area contributed by atoms with E-state index in [1.54, 1.807) is 4.57 Å². The SMILES string of the molecule is Cc1c(C#N)c(NC(=O)c2ccc(Cl)cc2F)n(-c2ccccc2)c1C. The molecule has 0 spiro atoms. The van der Waals surface area contributed by atoms with Gasteiger partial charge < -0.3 is 5.32 Å². The zero-order chi connectivity index (χ0) is 18.8. The first-order chi connectivity index (χ1) is 12.4. The van der Waals surface area contributed by atoms with Crippen molar-refractivity contribution in [1.82, 2.24) is 4.57 Å². The van der Waals surface area contributed by atoms with Crippen molar-refractivity contribution in [2.24, 2.45) is 0 Å². The molecule has 0 atom stereocenters. The number of amides is 1. The molecule has 3 rings (SSSR count). The predicted octanol–water partition coefficient (Wildman–Crippen LogP) is 5.01. The summed E-state index contributed by atoms with van der Waals surface area (Å²) in [5, 5.41) is 12.4. The average Bonchev–Trinajstić information content (AvgIpc) is 2.85. The number of nitrogens with zero attached hydrogens (tertiary/aromatic N) is 2. The molecule has 0 aliphatic rings. The second-order valence-corrected chi connectivity index (χ2v) is 6.23. The molecule has 3 aromatic rings. The van der Waals surface area contributed by atoms with Gasteiger partial charge >= 0.3 is 0 Å². The summed E-state index contributed by atoms with van der Waals surface area (Å²) in [5.74, 6) is -1.06. The molecule has 0 aliphatic carbocycles. The highest BCUT2D eigenvalue weighted by molar-refractivity contribution is 6.30. The second kappa shape index (κ2) is 7.03. The van der Waals surface area contributed by atoms with Gasteiger partial charge in [0, 0.05) is 16.4 Å². The summed E-state index contributed by atoms with van der Waals surface area (Å²) in [7, 11) is 0. The van der Waals surface area contributed by atoms with Crippen LogP contribution in [0.25, 0.3) is 5.69 Å². The molecule has 0 saturated carbocycles. The number of carbonyl (C=O) groups is 1. The van der Waals surface area contributed by atoms with Crippen molar-refractivity contribution >= 4 is 23.3 Å². The molecule has 0 unspecified atom stereocenters. The Labute approximate surface area is 155 Å². The Hall–Kier alpha value is -3.10. The fourth-order valence-electron chi connectivity index (χ4n) is 2.81. The predicted molar refractivity (Wildman–Crippen MR) is 99.3 cm³/mol. The average molecular weight is 368 g/mol. The second-order valence-electron chi connectivity index (χ2n) is 5.80. The van der Waals surface area contributed by atoms with Crippen LogP contribution in [0.15, 0.2) is 48.5 Å². The first-order valence-corrected chi connectivity index (χ1v) is 8.25. The van der Waals surface area contributed by atoms with E-state index < -0.39 is 11.7 Å². The smallest absolute Gasteiger partial charge is 0.259 e. The van der Waals surface area contributed by atoms with E-state index in [9.17, 15) is 14.4 Å². The number of aromatic nitrogens is 1. The summed E-state index contributed by atoms with van der Waals surface area (Å²) in [6.07, 6.45) is 0. The molecule has 0 aliphatic heterocycles. The molecular weight excluding hydrogens is 353 g/mol. The standard InChI is InChI=1S/C20H15ClFN3O/c1-12-13(2)25(15-6-4-3-5-7-15)19(17(12)11-23)24-20(26)16-9-8-14(21)10-18(16)22/h3-10H,1-2H3,(H,24,26). The monoisotopic (exact) mass is 367 g/mol. The topological polar surface area (TPSA) is 57.8 Å². The maximum absolute atomic E-state index is 14.1. The van der Waals surface area contributed by atoms with E-state index in [4.69, 9.17) is 11.6 Å². The number of anilines is 1. The molecule has 130 valence electrons. The molecule has 1 amide bonds. The Morgan fingerprint density at radius 1 is 1.19 bits per heavy atom. The minimum Gasteiger partial charge on any atom is -0.306 e. The number of rotatable bonds is 3. The first-order valence-electron chi connectivity index (χ1n) is 7.88. The molecule has 1 heterocycles. The summed E-state index contributed by atoms with van der Waals surface area (Å²) in [5.41, 5.74) is 2.56. The van der Waals surface area contributed by atoms with Gasteiger partial charge in [0.25, 0.3) is 5.91 Å². The molecular formula is C20H15ClFN3O. The molecule has 2 aromatic carbocycles. The molecule has 0 bridgehead atoms. The Bertz CT molecular complexity index is 1040. The van der Waals surface area contributed by atoms with Gasteiger partial charge in [-0.25, -0.2) is 4.39 Å². The maximum atomic E-state index is 14.1. The van der Waals surface area contributed by atoms with Gasteiger partial charge in [-0.05, 0) is 49.7 Å². The maximum Gasteiger partial charge on any atom is 0.259 e. The number of nitrogens with one attached hydrogen (secondary N) is 1. The Morgan fingerprint density at radius 2 is 1.88 bits per heavy atom. The minimum atomic E-state index is -0.722. The zero-order valence-electron chi connectivity index (χ0n) is 14.2. The highest BCUT2D eigenvalue weighted by atomic mass is 35.5. The van der Waals surface area contributed by atoms with Gasteiger partial charge in [-0.2, -0.15) is 5.26 Å². The first kappa shape index (κ1) is 17.7. The summed E-state index contributed by atoms with van der Waals surface area (Å²) < 4.78 is 15.9. The number of nitriles is 1. The highest BCUT2D eigenvalue weighted by Gasteiger charge is 2.22. The van der Waals surface area contributed by atoms with Crippen molar-refractivity contribution in [3.63, 3.8) is 0 Å². The number of benzene rings is 2. The lowest BCUT2D eigenvalue weighted by Gasteiger charge is -2.13. The number of hydrogen-bond donors (Lipinski definition) is 1. The minimum absolute atomic E-state index is 0.144. The molecule has 26 heavy (non-hydrogen) atoms. The molecule has 0 radical (unpaired) electrons. The Balaban J connectivity index is 2.11. The van der Waals surface area contributed by atoms with Crippen molar-refractivity contribution in [3.05, 3.63) is 81.8 Å². The Kier molecular flexibility index (Phi) is 4.79. The summed E-state index contributed by atoms with van der Waals surface area (Å²) in [6, 6.07) is 15.3. The van der Waals surface area contributed by atoms with E-state index in [1.165, 1.54) is 12.1 Å². The quantitative estimate of drug-likeness (QED) is 0.707. The number of halogens is 2. The van der Waals surface area contributed by atoms with Crippen molar-refractivity contribution in [2.45, 2.75) is 13.8 Å². The van der Waals surface area contributed by atoms with Crippen LogP contribution >= 0.6 is 11.6 Å². The van der Waals surface area contributed by atoms with Crippen LogP contribution in [0.4, 0.5) is 10.2 Å². The largest absolute Gasteiger partial charge is 0.306 e. The van der Waals surface area contributed by atoms with Gasteiger partial charge in [-0.1, -0.05) is 29.8 Å². The van der Waals surface area contributed by atoms with Crippen LogP contribution in [0.1, 0.15) is 27.2 Å². The third-order valence-electron chi connectivity index (χ3n) is 4.25. The summed E-state index contributed by atoms with van der Waals surface area (Å²) >= 11 is 5.74. The third kappa shape index (κ3) is 3.07. The van der Waals surface area contributed by atoms with Gasteiger partial charge in [0.1, 0.15) is 17.7 Å². The van der Waals surface area contributed by atoms with Gasteiger partial charge in [0.2, 0.25) is 0 Å². The molecule has 1 aromatic heterocycles. The molecule has 4 nitrogen and oxygen atoms in total. The van der Waals surface area contributed by atoms with Gasteiger partial charge in [0.05, 0.1) is 11.1 Å². The molecule has 0 fully saturated rings. The van der Waals surface area contributed by atoms with Crippen LogP contribution in [0.5, 0.6) is 0 Å². The van der Waals surface area contributed by atoms with Crippen LogP contribution < -0.4 is 5.32 Å². The van der Waals surface area contributed by atoms with Crippen molar-refractivity contribution < 1.29 is 9.18 Å². The van der Waals surface area contributed by atoms with Crippen LogP contribution in [0, 0.1) is 31.0 Å². The van der Waals surface area contributed by atoms with E-state index in [0.29, 0.717) is 11.4 Å². The summed E-state index contributed by atoms with van der Waals surface area (Å²) in [6.45, 7) is 3.67.